The minimum Gasteiger partial charge on any atom is -0.460 e. The number of rotatable bonds is 10. The van der Waals surface area contributed by atoms with Gasteiger partial charge < -0.3 is 14.2 Å². The molecule has 1 heterocycles. The molecule has 1 aliphatic heterocycles. The van der Waals surface area contributed by atoms with Crippen molar-refractivity contribution in [2.75, 3.05) is 13.2 Å². The highest BCUT2D eigenvalue weighted by molar-refractivity contribution is 5.96. The van der Waals surface area contributed by atoms with E-state index >= 15 is 0 Å². The van der Waals surface area contributed by atoms with Crippen LogP contribution in [0.4, 0.5) is 4.79 Å². The number of cyclic esters (lactones) is 1. The van der Waals surface area contributed by atoms with Crippen molar-refractivity contribution < 1.29 is 28.6 Å². The van der Waals surface area contributed by atoms with Crippen LogP contribution in [0, 0.1) is 5.92 Å². The van der Waals surface area contributed by atoms with Crippen LogP contribution in [0.1, 0.15) is 44.7 Å². The van der Waals surface area contributed by atoms with Crippen LogP contribution >= 0.6 is 0 Å². The number of amides is 2. The maximum absolute atomic E-state index is 13.5. The number of nitrogens with zero attached hydrogens (tertiary/aromatic N) is 1. The van der Waals surface area contributed by atoms with Crippen LogP contribution in [-0.4, -0.2) is 47.7 Å². The van der Waals surface area contributed by atoms with Gasteiger partial charge in [-0.3, -0.25) is 9.59 Å². The monoisotopic (exact) mass is 467 g/mol. The minimum atomic E-state index is -0.755. The molecule has 1 aliphatic rings. The molecule has 2 aromatic carbocycles. The van der Waals surface area contributed by atoms with Crippen molar-refractivity contribution in [3.8, 4) is 0 Å². The van der Waals surface area contributed by atoms with E-state index < -0.39 is 35.5 Å². The Morgan fingerprint density at radius 2 is 1.65 bits per heavy atom. The minimum absolute atomic E-state index is 0.128. The molecular formula is C27H33NO6. The summed E-state index contributed by atoms with van der Waals surface area (Å²) in [4.78, 5) is 39.7. The summed E-state index contributed by atoms with van der Waals surface area (Å²) in [6.07, 6.45) is -0.0354. The zero-order valence-electron chi connectivity index (χ0n) is 20.1. The van der Waals surface area contributed by atoms with Crippen LogP contribution < -0.4 is 0 Å². The smallest absolute Gasteiger partial charge is 0.416 e. The third-order valence-electron chi connectivity index (χ3n) is 5.42. The van der Waals surface area contributed by atoms with Crippen LogP contribution in [0.5, 0.6) is 0 Å². The first-order valence-electron chi connectivity index (χ1n) is 11.6. The number of imide groups is 1. The van der Waals surface area contributed by atoms with Gasteiger partial charge in [-0.15, -0.1) is 0 Å². The van der Waals surface area contributed by atoms with E-state index in [1.807, 2.05) is 60.7 Å². The number of hydrogen-bond donors (Lipinski definition) is 0. The van der Waals surface area contributed by atoms with Crippen molar-refractivity contribution in [1.29, 1.82) is 0 Å². The van der Waals surface area contributed by atoms with Crippen molar-refractivity contribution in [3.05, 3.63) is 71.8 Å². The molecule has 7 nitrogen and oxygen atoms in total. The molecule has 2 atom stereocenters. The lowest BCUT2D eigenvalue weighted by Crippen LogP contribution is -2.44. The summed E-state index contributed by atoms with van der Waals surface area (Å²) < 4.78 is 16.4. The summed E-state index contributed by atoms with van der Waals surface area (Å²) in [7, 11) is 0. The fourth-order valence-electron chi connectivity index (χ4n) is 3.85. The lowest BCUT2D eigenvalue weighted by atomic mass is 9.98. The molecule has 0 unspecified atom stereocenters. The average Bonchev–Trinajstić information content (AvgIpc) is 3.15. The van der Waals surface area contributed by atoms with Gasteiger partial charge >= 0.3 is 12.1 Å². The molecule has 0 aromatic heterocycles. The predicted molar refractivity (Wildman–Crippen MR) is 127 cm³/mol. The van der Waals surface area contributed by atoms with Crippen LogP contribution in [0.15, 0.2) is 60.7 Å². The molecule has 0 saturated carbocycles. The van der Waals surface area contributed by atoms with Crippen LogP contribution in [-0.2, 0) is 36.8 Å². The Labute approximate surface area is 201 Å². The molecule has 0 spiro atoms. The molecule has 182 valence electrons. The van der Waals surface area contributed by atoms with Crippen molar-refractivity contribution in [2.24, 2.45) is 5.92 Å². The fraction of sp³-hybridized carbons (Fsp3) is 0.444. The average molecular weight is 468 g/mol. The van der Waals surface area contributed by atoms with Gasteiger partial charge in [0.05, 0.1) is 25.0 Å². The van der Waals surface area contributed by atoms with Gasteiger partial charge in [-0.1, -0.05) is 60.7 Å². The summed E-state index contributed by atoms with van der Waals surface area (Å²) in [5, 5.41) is 0. The van der Waals surface area contributed by atoms with E-state index in [0.717, 1.165) is 11.1 Å². The van der Waals surface area contributed by atoms with E-state index in [0.29, 0.717) is 13.0 Å². The Hall–Kier alpha value is -3.19. The summed E-state index contributed by atoms with van der Waals surface area (Å²) in [5.41, 5.74) is 1.35. The molecular weight excluding hydrogens is 434 g/mol. The first-order chi connectivity index (χ1) is 16.2. The SMILES string of the molecule is CC(C)(C)OC(=O)C[C@H](CCOCc1ccccc1)C(=O)N1C(=O)OC[C@H]1Cc1ccccc1. The topological polar surface area (TPSA) is 82.1 Å². The summed E-state index contributed by atoms with van der Waals surface area (Å²) in [6, 6.07) is 18.9. The van der Waals surface area contributed by atoms with Gasteiger partial charge in [-0.2, -0.15) is 0 Å². The highest BCUT2D eigenvalue weighted by atomic mass is 16.6. The van der Waals surface area contributed by atoms with E-state index in [1.54, 1.807) is 20.8 Å². The quantitative estimate of drug-likeness (QED) is 0.377. The number of esters is 1. The van der Waals surface area contributed by atoms with Crippen LogP contribution in [0.25, 0.3) is 0 Å². The van der Waals surface area contributed by atoms with E-state index in [2.05, 4.69) is 0 Å². The van der Waals surface area contributed by atoms with Gasteiger partial charge in [-0.05, 0) is 44.7 Å². The molecule has 3 rings (SSSR count). The van der Waals surface area contributed by atoms with Crippen molar-refractivity contribution in [2.45, 2.75) is 58.3 Å². The Kier molecular flexibility index (Phi) is 8.82. The molecule has 2 amide bonds. The zero-order chi connectivity index (χ0) is 24.6. The number of benzene rings is 2. The maximum atomic E-state index is 13.5. The van der Waals surface area contributed by atoms with Crippen LogP contribution in [0.2, 0.25) is 0 Å². The number of carbonyl (C=O) groups excluding carboxylic acids is 3. The van der Waals surface area contributed by atoms with Gasteiger partial charge in [0.2, 0.25) is 5.91 Å². The lowest BCUT2D eigenvalue weighted by molar-refractivity contribution is -0.158. The zero-order valence-corrected chi connectivity index (χ0v) is 20.1. The van der Waals surface area contributed by atoms with E-state index in [9.17, 15) is 14.4 Å². The molecule has 7 heteroatoms. The molecule has 0 bridgehead atoms. The van der Waals surface area contributed by atoms with Crippen molar-refractivity contribution in [3.63, 3.8) is 0 Å². The molecule has 2 aromatic rings. The predicted octanol–water partition coefficient (Wildman–Crippen LogP) is 4.53. The summed E-state index contributed by atoms with van der Waals surface area (Å²) in [5.74, 6) is -1.67. The largest absolute Gasteiger partial charge is 0.460 e. The second-order valence-electron chi connectivity index (χ2n) is 9.44. The first kappa shape index (κ1) is 25.4. The Balaban J connectivity index is 1.68. The summed E-state index contributed by atoms with van der Waals surface area (Å²) >= 11 is 0. The lowest BCUT2D eigenvalue weighted by Gasteiger charge is -2.26. The third kappa shape index (κ3) is 7.70. The Morgan fingerprint density at radius 1 is 1.03 bits per heavy atom. The molecule has 1 fully saturated rings. The van der Waals surface area contributed by atoms with Gasteiger partial charge in [0.25, 0.3) is 0 Å². The number of ether oxygens (including phenoxy) is 3. The highest BCUT2D eigenvalue weighted by Gasteiger charge is 2.41. The molecule has 34 heavy (non-hydrogen) atoms. The van der Waals surface area contributed by atoms with Crippen LogP contribution in [0.3, 0.4) is 0 Å². The van der Waals surface area contributed by atoms with E-state index in [-0.39, 0.29) is 26.1 Å². The maximum Gasteiger partial charge on any atom is 0.416 e. The van der Waals surface area contributed by atoms with Gasteiger partial charge in [0.1, 0.15) is 12.2 Å². The second-order valence-corrected chi connectivity index (χ2v) is 9.44. The number of hydrogen-bond acceptors (Lipinski definition) is 6. The van der Waals surface area contributed by atoms with Gasteiger partial charge in [0, 0.05) is 6.61 Å². The standard InChI is InChI=1S/C27H33NO6/c1-27(2,3)34-24(29)17-22(14-15-32-18-21-12-8-5-9-13-21)25(30)28-23(19-33-26(28)31)16-20-10-6-4-7-11-20/h4-13,22-23H,14-19H2,1-3H3/t22-,23+/m0/s1. The Morgan fingerprint density at radius 3 is 2.26 bits per heavy atom. The Bertz CT molecular complexity index is 954. The normalized spacial score (nSPS) is 16.7. The second kappa shape index (κ2) is 11.8. The summed E-state index contributed by atoms with van der Waals surface area (Å²) in [6.45, 7) is 6.12. The molecule has 0 radical (unpaired) electrons. The first-order valence-corrected chi connectivity index (χ1v) is 11.6. The van der Waals surface area contributed by atoms with Gasteiger partial charge in [-0.25, -0.2) is 9.69 Å². The van der Waals surface area contributed by atoms with Gasteiger partial charge in [0.15, 0.2) is 0 Å². The third-order valence-corrected chi connectivity index (χ3v) is 5.42. The van der Waals surface area contributed by atoms with Crippen molar-refractivity contribution >= 4 is 18.0 Å². The fourth-order valence-corrected chi connectivity index (χ4v) is 3.85. The highest BCUT2D eigenvalue weighted by Crippen LogP contribution is 2.24. The van der Waals surface area contributed by atoms with E-state index in [4.69, 9.17) is 14.2 Å². The molecule has 1 saturated heterocycles. The number of carbonyl (C=O) groups is 3. The van der Waals surface area contributed by atoms with E-state index in [1.165, 1.54) is 4.90 Å². The van der Waals surface area contributed by atoms with Crippen molar-refractivity contribution in [1.82, 2.24) is 4.90 Å². The molecule has 0 aliphatic carbocycles. The molecule has 0 N–H and O–H groups in total.